The van der Waals surface area contributed by atoms with Crippen molar-refractivity contribution in [1.29, 1.82) is 0 Å². The molecule has 0 unspecified atom stereocenters. The highest BCUT2D eigenvalue weighted by atomic mass is 35.5. The Hall–Kier alpha value is -5.10. The highest BCUT2D eigenvalue weighted by molar-refractivity contribution is 6.31. The number of ether oxygens (including phenoxy) is 4. The largest absolute Gasteiger partial charge is 0.489 e. The number of fused-ring (bicyclic) bond motifs is 3. The molecule has 13 heteroatoms. The SMILES string of the molecule is O=C(Nc1ccc(Oc2ccnc3cc(OCCCn4cccc4)c4c(c23)OCCO4)cc1)Nc1ccc(Cl)c(C(F)(F)F)c1. The molecule has 1 aliphatic heterocycles. The summed E-state index contributed by atoms with van der Waals surface area (Å²) in [5.74, 6) is 2.44. The summed E-state index contributed by atoms with van der Waals surface area (Å²) in [6.45, 7) is 2.02. The maximum absolute atomic E-state index is 13.1. The first-order chi connectivity index (χ1) is 21.7. The van der Waals surface area contributed by atoms with Gasteiger partial charge in [-0.3, -0.25) is 4.98 Å². The van der Waals surface area contributed by atoms with Crippen LogP contribution in [0.1, 0.15) is 12.0 Å². The first-order valence-electron chi connectivity index (χ1n) is 13.9. The van der Waals surface area contributed by atoms with Crippen molar-refractivity contribution < 1.29 is 36.9 Å². The van der Waals surface area contributed by atoms with Gasteiger partial charge < -0.3 is 34.1 Å². The van der Waals surface area contributed by atoms with Gasteiger partial charge in [0.1, 0.15) is 24.7 Å². The molecule has 0 fully saturated rings. The standard InChI is InChI=1S/C32H26ClF3N4O5/c33-24-9-6-21(18-23(24)32(34,35)36)39-31(41)38-20-4-7-22(8-5-20)45-26-10-11-37-25-19-27(29-30(28(25)26)44-17-16-43-29)42-15-3-14-40-12-1-2-13-40/h1-2,4-13,18-19H,3,14-17H2,(H2,38,39,41). The number of anilines is 2. The molecular formula is C32H26ClF3N4O5. The molecule has 0 atom stereocenters. The van der Waals surface area contributed by atoms with Crippen LogP contribution in [-0.2, 0) is 12.7 Å². The van der Waals surface area contributed by atoms with Crippen LogP contribution in [0.25, 0.3) is 10.9 Å². The predicted octanol–water partition coefficient (Wildman–Crippen LogP) is 8.39. The summed E-state index contributed by atoms with van der Waals surface area (Å²) in [7, 11) is 0. The molecule has 232 valence electrons. The molecule has 0 aliphatic carbocycles. The number of alkyl halides is 3. The lowest BCUT2D eigenvalue weighted by Crippen LogP contribution is -2.19. The molecule has 1 aliphatic rings. The lowest BCUT2D eigenvalue weighted by molar-refractivity contribution is -0.137. The van der Waals surface area contributed by atoms with Crippen molar-refractivity contribution in [3.05, 3.63) is 95.9 Å². The highest BCUT2D eigenvalue weighted by Crippen LogP contribution is 2.48. The molecule has 2 aromatic heterocycles. The minimum absolute atomic E-state index is 0.0613. The molecule has 0 saturated heterocycles. The number of hydrogen-bond donors (Lipinski definition) is 2. The van der Waals surface area contributed by atoms with Gasteiger partial charge in [-0.2, -0.15) is 13.2 Å². The van der Waals surface area contributed by atoms with E-state index >= 15 is 0 Å². The number of halogens is 4. The van der Waals surface area contributed by atoms with Crippen LogP contribution >= 0.6 is 11.6 Å². The molecule has 0 saturated carbocycles. The van der Waals surface area contributed by atoms with Crippen LogP contribution in [0, 0.1) is 0 Å². The van der Waals surface area contributed by atoms with E-state index < -0.39 is 22.8 Å². The monoisotopic (exact) mass is 638 g/mol. The van der Waals surface area contributed by atoms with E-state index in [1.165, 1.54) is 6.07 Å². The van der Waals surface area contributed by atoms with Crippen LogP contribution in [0.4, 0.5) is 29.3 Å². The van der Waals surface area contributed by atoms with E-state index in [1.807, 2.05) is 24.5 Å². The van der Waals surface area contributed by atoms with Crippen molar-refractivity contribution >= 4 is 39.9 Å². The summed E-state index contributed by atoms with van der Waals surface area (Å²) in [6.07, 6.45) is 1.76. The number of hydrogen-bond acceptors (Lipinski definition) is 6. The van der Waals surface area contributed by atoms with Gasteiger partial charge >= 0.3 is 12.2 Å². The van der Waals surface area contributed by atoms with E-state index in [-0.39, 0.29) is 5.69 Å². The van der Waals surface area contributed by atoms with Crippen molar-refractivity contribution in [1.82, 2.24) is 9.55 Å². The van der Waals surface area contributed by atoms with Gasteiger partial charge in [-0.05, 0) is 67.1 Å². The second-order valence-corrected chi connectivity index (χ2v) is 10.4. The Morgan fingerprint density at radius 2 is 1.64 bits per heavy atom. The molecular weight excluding hydrogens is 613 g/mol. The van der Waals surface area contributed by atoms with Gasteiger partial charge in [-0.25, -0.2) is 4.79 Å². The number of benzene rings is 3. The van der Waals surface area contributed by atoms with Crippen molar-refractivity contribution in [3.8, 4) is 28.7 Å². The molecule has 0 radical (unpaired) electrons. The van der Waals surface area contributed by atoms with Gasteiger partial charge in [-0.1, -0.05) is 11.6 Å². The molecule has 5 aromatic rings. The fourth-order valence-corrected chi connectivity index (χ4v) is 4.99. The zero-order valence-corrected chi connectivity index (χ0v) is 24.3. The number of amides is 2. The van der Waals surface area contributed by atoms with Gasteiger partial charge in [0.2, 0.25) is 5.75 Å². The third-order valence-electron chi connectivity index (χ3n) is 6.80. The third kappa shape index (κ3) is 7.01. The third-order valence-corrected chi connectivity index (χ3v) is 7.13. The van der Waals surface area contributed by atoms with Gasteiger partial charge in [0.25, 0.3) is 0 Å². The van der Waals surface area contributed by atoms with Crippen LogP contribution in [0.2, 0.25) is 5.02 Å². The molecule has 9 nitrogen and oxygen atoms in total. The van der Waals surface area contributed by atoms with Crippen LogP contribution < -0.4 is 29.6 Å². The van der Waals surface area contributed by atoms with E-state index in [2.05, 4.69) is 20.2 Å². The Bertz CT molecular complexity index is 1820. The normalized spacial score (nSPS) is 12.5. The maximum Gasteiger partial charge on any atom is 0.417 e. The summed E-state index contributed by atoms with van der Waals surface area (Å²) in [4.78, 5) is 16.9. The van der Waals surface area contributed by atoms with Gasteiger partial charge in [-0.15, -0.1) is 0 Å². The fourth-order valence-electron chi connectivity index (χ4n) is 4.76. The molecule has 3 heterocycles. The van der Waals surface area contributed by atoms with Gasteiger partial charge in [0.15, 0.2) is 11.5 Å². The number of carbonyl (C=O) groups excluding carboxylic acids is 1. The van der Waals surface area contributed by atoms with Gasteiger partial charge in [0.05, 0.1) is 28.1 Å². The summed E-state index contributed by atoms with van der Waals surface area (Å²) >= 11 is 5.65. The second kappa shape index (κ2) is 12.9. The van der Waals surface area contributed by atoms with E-state index in [1.54, 1.807) is 42.6 Å². The predicted molar refractivity (Wildman–Crippen MR) is 163 cm³/mol. The van der Waals surface area contributed by atoms with Crippen molar-refractivity contribution in [2.24, 2.45) is 0 Å². The first-order valence-corrected chi connectivity index (χ1v) is 14.3. The minimum atomic E-state index is -4.65. The number of aromatic nitrogens is 2. The lowest BCUT2D eigenvalue weighted by Gasteiger charge is -2.23. The number of pyridine rings is 1. The van der Waals surface area contributed by atoms with Crippen molar-refractivity contribution in [3.63, 3.8) is 0 Å². The van der Waals surface area contributed by atoms with Gasteiger partial charge in [0, 0.05) is 42.6 Å². The van der Waals surface area contributed by atoms with E-state index in [0.29, 0.717) is 65.2 Å². The number of aryl methyl sites for hydroxylation is 1. The minimum Gasteiger partial charge on any atom is -0.489 e. The average molecular weight is 639 g/mol. The number of nitrogens with zero attached hydrogens (tertiary/aromatic N) is 2. The van der Waals surface area contributed by atoms with E-state index in [0.717, 1.165) is 25.1 Å². The van der Waals surface area contributed by atoms with Crippen LogP contribution in [0.3, 0.4) is 0 Å². The molecule has 0 spiro atoms. The zero-order chi connectivity index (χ0) is 31.4. The average Bonchev–Trinajstić information content (AvgIpc) is 3.54. The molecule has 0 bridgehead atoms. The number of rotatable bonds is 9. The summed E-state index contributed by atoms with van der Waals surface area (Å²) < 4.78 is 65.7. The van der Waals surface area contributed by atoms with E-state index in [4.69, 9.17) is 30.5 Å². The molecule has 6 rings (SSSR count). The summed E-state index contributed by atoms with van der Waals surface area (Å²) in [6, 6.07) is 16.3. The topological polar surface area (TPSA) is 95.9 Å². The number of nitrogens with one attached hydrogen (secondary N) is 2. The second-order valence-electron chi connectivity index (χ2n) is 9.95. The van der Waals surface area contributed by atoms with Crippen LogP contribution in [0.5, 0.6) is 28.7 Å². The maximum atomic E-state index is 13.1. The number of carbonyl (C=O) groups is 1. The molecule has 45 heavy (non-hydrogen) atoms. The first kappa shape index (κ1) is 29.9. The molecule has 2 N–H and O–H groups in total. The van der Waals surface area contributed by atoms with Crippen LogP contribution in [0.15, 0.2) is 85.3 Å². The number of urea groups is 1. The van der Waals surface area contributed by atoms with Crippen LogP contribution in [-0.4, -0.2) is 35.4 Å². The van der Waals surface area contributed by atoms with Crippen molar-refractivity contribution in [2.75, 3.05) is 30.5 Å². The smallest absolute Gasteiger partial charge is 0.417 e. The summed E-state index contributed by atoms with van der Waals surface area (Å²) in [5, 5.41) is 5.12. The highest BCUT2D eigenvalue weighted by Gasteiger charge is 2.33. The quantitative estimate of drug-likeness (QED) is 0.158. The Morgan fingerprint density at radius 3 is 2.40 bits per heavy atom. The Labute approximate surface area is 260 Å². The lowest BCUT2D eigenvalue weighted by atomic mass is 10.1. The molecule has 2 amide bonds. The molecule has 3 aromatic carbocycles. The Morgan fingerprint density at radius 1 is 0.933 bits per heavy atom. The Kier molecular flexibility index (Phi) is 8.56. The summed E-state index contributed by atoms with van der Waals surface area (Å²) in [5.41, 5.74) is -0.119. The van der Waals surface area contributed by atoms with Crippen molar-refractivity contribution in [2.45, 2.75) is 19.1 Å². The van der Waals surface area contributed by atoms with E-state index in [9.17, 15) is 18.0 Å². The zero-order valence-electron chi connectivity index (χ0n) is 23.6. The Balaban J connectivity index is 1.14. The fraction of sp³-hybridized carbons (Fsp3) is 0.188.